The Morgan fingerprint density at radius 2 is 1.88 bits per heavy atom. The average Bonchev–Trinajstić information content (AvgIpc) is 3.09. The highest BCUT2D eigenvalue weighted by atomic mass is 35.5. The minimum absolute atomic E-state index is 0.0536. The summed E-state index contributed by atoms with van der Waals surface area (Å²) in [7, 11) is 1.58. The second-order valence-electron chi connectivity index (χ2n) is 5.09. The maximum atomic E-state index is 12.2. The lowest BCUT2D eigenvalue weighted by Gasteiger charge is -2.03. The van der Waals surface area contributed by atoms with Crippen LogP contribution in [0.3, 0.4) is 0 Å². The number of Topliss-reactive ketones (excluding diaryl/α,β-unsaturated/α-hetero) is 1. The Morgan fingerprint density at radius 1 is 1.17 bits per heavy atom. The first-order chi connectivity index (χ1) is 11.7. The van der Waals surface area contributed by atoms with Crippen LogP contribution in [0.2, 0.25) is 5.02 Å². The highest BCUT2D eigenvalue weighted by Gasteiger charge is 2.10. The van der Waals surface area contributed by atoms with Crippen LogP contribution in [-0.4, -0.2) is 24.6 Å². The molecule has 3 aromatic rings. The van der Waals surface area contributed by atoms with E-state index >= 15 is 0 Å². The third-order valence-electron chi connectivity index (χ3n) is 3.49. The standard InChI is InChI=1S/C18H15ClN2O3/c1-23-15-8-4-13(5-9-15)17(22)11-20-18-10-16(21-24-18)12-2-6-14(19)7-3-12/h2-10,20H,11H2,1H3. The Kier molecular flexibility index (Phi) is 4.82. The summed E-state index contributed by atoms with van der Waals surface area (Å²) >= 11 is 5.86. The van der Waals surface area contributed by atoms with E-state index in [0.717, 1.165) is 5.56 Å². The third-order valence-corrected chi connectivity index (χ3v) is 3.74. The molecule has 0 fully saturated rings. The van der Waals surface area contributed by atoms with Gasteiger partial charge in [-0.05, 0) is 36.4 Å². The minimum atomic E-state index is -0.0536. The maximum absolute atomic E-state index is 12.2. The van der Waals surface area contributed by atoms with E-state index in [0.29, 0.717) is 27.9 Å². The molecule has 6 heteroatoms. The Balaban J connectivity index is 1.62. The highest BCUT2D eigenvalue weighted by Crippen LogP contribution is 2.23. The fraction of sp³-hybridized carbons (Fsp3) is 0.111. The van der Waals surface area contributed by atoms with Crippen LogP contribution >= 0.6 is 11.6 Å². The number of nitrogens with one attached hydrogen (secondary N) is 1. The number of carbonyl (C=O) groups excluding carboxylic acids is 1. The van der Waals surface area contributed by atoms with Gasteiger partial charge in [0.2, 0.25) is 5.88 Å². The van der Waals surface area contributed by atoms with Gasteiger partial charge in [-0.1, -0.05) is 28.9 Å². The zero-order valence-electron chi connectivity index (χ0n) is 13.0. The Bertz CT molecular complexity index is 826. The number of carbonyl (C=O) groups is 1. The van der Waals surface area contributed by atoms with Gasteiger partial charge in [-0.3, -0.25) is 4.79 Å². The van der Waals surface area contributed by atoms with Gasteiger partial charge in [-0.2, -0.15) is 0 Å². The summed E-state index contributed by atoms with van der Waals surface area (Å²) in [6.07, 6.45) is 0. The Labute approximate surface area is 144 Å². The summed E-state index contributed by atoms with van der Waals surface area (Å²) in [4.78, 5) is 12.2. The molecule has 1 heterocycles. The molecule has 0 aliphatic carbocycles. The van der Waals surface area contributed by atoms with E-state index in [4.69, 9.17) is 20.9 Å². The monoisotopic (exact) mass is 342 g/mol. The van der Waals surface area contributed by atoms with Crippen molar-refractivity contribution in [1.29, 1.82) is 0 Å². The fourth-order valence-corrected chi connectivity index (χ4v) is 2.29. The molecule has 0 spiro atoms. The summed E-state index contributed by atoms with van der Waals surface area (Å²) in [6, 6.07) is 16.0. The molecule has 2 aromatic carbocycles. The van der Waals surface area contributed by atoms with Crippen LogP contribution in [0.1, 0.15) is 10.4 Å². The van der Waals surface area contributed by atoms with Gasteiger partial charge < -0.3 is 14.6 Å². The quantitative estimate of drug-likeness (QED) is 0.677. The predicted octanol–water partition coefficient (Wildman–Crippen LogP) is 4.30. The molecule has 0 amide bonds. The largest absolute Gasteiger partial charge is 0.497 e. The van der Waals surface area contributed by atoms with Gasteiger partial charge in [0.05, 0.1) is 13.7 Å². The van der Waals surface area contributed by atoms with Crippen molar-refractivity contribution in [3.63, 3.8) is 0 Å². The summed E-state index contributed by atoms with van der Waals surface area (Å²) in [5.74, 6) is 1.09. The van der Waals surface area contributed by atoms with Crippen molar-refractivity contribution in [3.05, 3.63) is 65.2 Å². The van der Waals surface area contributed by atoms with Crippen molar-refractivity contribution in [2.45, 2.75) is 0 Å². The zero-order valence-corrected chi connectivity index (χ0v) is 13.7. The van der Waals surface area contributed by atoms with Crippen molar-refractivity contribution < 1.29 is 14.1 Å². The van der Waals surface area contributed by atoms with Gasteiger partial charge in [-0.15, -0.1) is 0 Å². The molecular formula is C18H15ClN2O3. The van der Waals surface area contributed by atoms with E-state index in [-0.39, 0.29) is 12.3 Å². The summed E-state index contributed by atoms with van der Waals surface area (Å²) < 4.78 is 10.3. The molecule has 3 rings (SSSR count). The number of hydrogen-bond acceptors (Lipinski definition) is 5. The van der Waals surface area contributed by atoms with E-state index in [2.05, 4.69) is 10.5 Å². The average molecular weight is 343 g/mol. The lowest BCUT2D eigenvalue weighted by Crippen LogP contribution is -2.13. The topological polar surface area (TPSA) is 64.4 Å². The minimum Gasteiger partial charge on any atom is -0.497 e. The molecule has 0 atom stereocenters. The molecule has 1 N–H and O–H groups in total. The Hall–Kier alpha value is -2.79. The number of halogens is 1. The van der Waals surface area contributed by atoms with Gasteiger partial charge in [0.25, 0.3) is 0 Å². The van der Waals surface area contributed by atoms with E-state index in [9.17, 15) is 4.79 Å². The number of ether oxygens (including phenoxy) is 1. The maximum Gasteiger partial charge on any atom is 0.225 e. The van der Waals surface area contributed by atoms with Gasteiger partial charge >= 0.3 is 0 Å². The summed E-state index contributed by atoms with van der Waals surface area (Å²) in [5, 5.41) is 7.58. The van der Waals surface area contributed by atoms with Crippen molar-refractivity contribution >= 4 is 23.3 Å². The van der Waals surface area contributed by atoms with Crippen LogP contribution in [0, 0.1) is 0 Å². The van der Waals surface area contributed by atoms with Crippen LogP contribution in [-0.2, 0) is 0 Å². The van der Waals surface area contributed by atoms with Crippen LogP contribution < -0.4 is 10.1 Å². The van der Waals surface area contributed by atoms with Gasteiger partial charge in [0.1, 0.15) is 11.4 Å². The van der Waals surface area contributed by atoms with E-state index in [1.165, 1.54) is 0 Å². The molecule has 24 heavy (non-hydrogen) atoms. The lowest BCUT2D eigenvalue weighted by molar-refractivity contribution is 0.101. The van der Waals surface area contributed by atoms with E-state index < -0.39 is 0 Å². The molecular weight excluding hydrogens is 328 g/mol. The number of hydrogen-bond donors (Lipinski definition) is 1. The number of methoxy groups -OCH3 is 1. The van der Waals surface area contributed by atoms with Crippen molar-refractivity contribution in [2.75, 3.05) is 19.0 Å². The predicted molar refractivity (Wildman–Crippen MR) is 92.8 cm³/mol. The molecule has 0 aliphatic rings. The number of rotatable bonds is 6. The molecule has 5 nitrogen and oxygen atoms in total. The molecule has 1 aromatic heterocycles. The third kappa shape index (κ3) is 3.75. The summed E-state index contributed by atoms with van der Waals surface area (Å²) in [5.41, 5.74) is 2.16. The summed E-state index contributed by atoms with van der Waals surface area (Å²) in [6.45, 7) is 0.113. The molecule has 0 aliphatic heterocycles. The highest BCUT2D eigenvalue weighted by molar-refractivity contribution is 6.30. The molecule has 0 saturated carbocycles. The Morgan fingerprint density at radius 3 is 2.54 bits per heavy atom. The van der Waals surface area contributed by atoms with Crippen LogP contribution in [0.4, 0.5) is 5.88 Å². The van der Waals surface area contributed by atoms with E-state index in [1.807, 2.05) is 12.1 Å². The van der Waals surface area contributed by atoms with Crippen molar-refractivity contribution in [1.82, 2.24) is 5.16 Å². The fourth-order valence-electron chi connectivity index (χ4n) is 2.16. The molecule has 122 valence electrons. The number of nitrogens with zero attached hydrogens (tertiary/aromatic N) is 1. The number of benzene rings is 2. The molecule has 0 bridgehead atoms. The smallest absolute Gasteiger partial charge is 0.225 e. The van der Waals surface area contributed by atoms with Crippen molar-refractivity contribution in [2.24, 2.45) is 0 Å². The van der Waals surface area contributed by atoms with Gasteiger partial charge in [0, 0.05) is 22.2 Å². The molecule has 0 radical (unpaired) electrons. The number of ketones is 1. The molecule has 0 unspecified atom stereocenters. The van der Waals surface area contributed by atoms with Gasteiger partial charge in [0.15, 0.2) is 5.78 Å². The van der Waals surface area contributed by atoms with Gasteiger partial charge in [-0.25, -0.2) is 0 Å². The first-order valence-corrected chi connectivity index (χ1v) is 7.67. The number of anilines is 1. The van der Waals surface area contributed by atoms with Crippen molar-refractivity contribution in [3.8, 4) is 17.0 Å². The normalized spacial score (nSPS) is 10.4. The van der Waals surface area contributed by atoms with Crippen LogP contribution in [0.15, 0.2) is 59.1 Å². The second kappa shape index (κ2) is 7.19. The lowest BCUT2D eigenvalue weighted by atomic mass is 10.1. The SMILES string of the molecule is COc1ccc(C(=O)CNc2cc(-c3ccc(Cl)cc3)no2)cc1. The molecule has 0 saturated heterocycles. The van der Waals surface area contributed by atoms with E-state index in [1.54, 1.807) is 49.6 Å². The first-order valence-electron chi connectivity index (χ1n) is 7.29. The van der Waals surface area contributed by atoms with Crippen LogP contribution in [0.5, 0.6) is 5.75 Å². The second-order valence-corrected chi connectivity index (χ2v) is 5.52. The zero-order chi connectivity index (χ0) is 16.9. The number of aromatic nitrogens is 1. The first kappa shape index (κ1) is 16.1. The van der Waals surface area contributed by atoms with Crippen LogP contribution in [0.25, 0.3) is 11.3 Å².